The molecule has 1 aliphatic carbocycles. The molecule has 0 bridgehead atoms. The summed E-state index contributed by atoms with van der Waals surface area (Å²) in [5.74, 6) is 1.74. The summed E-state index contributed by atoms with van der Waals surface area (Å²) in [7, 11) is 0. The maximum atomic E-state index is 5.97. The number of ether oxygens (including phenoxy) is 1. The molecule has 0 fully saturated rings. The van der Waals surface area contributed by atoms with Crippen molar-refractivity contribution in [1.29, 1.82) is 0 Å². The Balaban J connectivity index is 1.78. The van der Waals surface area contributed by atoms with Crippen molar-refractivity contribution in [3.8, 4) is 5.75 Å². The number of fused-ring (bicyclic) bond motifs is 1. The quantitative estimate of drug-likeness (QED) is 0.913. The third-order valence-corrected chi connectivity index (χ3v) is 3.96. The van der Waals surface area contributed by atoms with Crippen LogP contribution < -0.4 is 10.1 Å². The molecule has 2 aromatic rings. The highest BCUT2D eigenvalue weighted by molar-refractivity contribution is 5.43. The van der Waals surface area contributed by atoms with Crippen LogP contribution in [0.1, 0.15) is 48.4 Å². The number of aryl methyl sites for hydroxylation is 1. The van der Waals surface area contributed by atoms with E-state index in [-0.39, 0.29) is 0 Å². The zero-order chi connectivity index (χ0) is 14.7. The number of hydrogen-bond acceptors (Lipinski definition) is 4. The van der Waals surface area contributed by atoms with Crippen molar-refractivity contribution in [1.82, 2.24) is 10.5 Å². The van der Waals surface area contributed by atoms with E-state index in [1.165, 1.54) is 24.0 Å². The Labute approximate surface area is 125 Å². The molecule has 3 rings (SSSR count). The fourth-order valence-corrected chi connectivity index (χ4v) is 3.04. The average molecular weight is 286 g/mol. The molecule has 1 aliphatic rings. The number of benzene rings is 1. The molecular weight excluding hydrogens is 264 g/mol. The van der Waals surface area contributed by atoms with E-state index in [0.717, 1.165) is 30.2 Å². The van der Waals surface area contributed by atoms with Crippen LogP contribution >= 0.6 is 0 Å². The molecule has 1 unspecified atom stereocenters. The zero-order valence-electron chi connectivity index (χ0n) is 12.7. The molecule has 21 heavy (non-hydrogen) atoms. The minimum Gasteiger partial charge on any atom is -0.485 e. The third-order valence-electron chi connectivity index (χ3n) is 3.96. The molecule has 1 heterocycles. The first-order chi connectivity index (χ1) is 10.3. The molecule has 1 aromatic heterocycles. The Kier molecular flexibility index (Phi) is 4.25. The van der Waals surface area contributed by atoms with Crippen LogP contribution in [0.25, 0.3) is 0 Å². The van der Waals surface area contributed by atoms with E-state index < -0.39 is 0 Å². The van der Waals surface area contributed by atoms with E-state index in [4.69, 9.17) is 9.26 Å². The van der Waals surface area contributed by atoms with Gasteiger partial charge in [-0.05, 0) is 49.9 Å². The molecule has 0 amide bonds. The summed E-state index contributed by atoms with van der Waals surface area (Å²) in [6.07, 6.45) is 3.49. The summed E-state index contributed by atoms with van der Waals surface area (Å²) in [5, 5.41) is 7.45. The van der Waals surface area contributed by atoms with Gasteiger partial charge >= 0.3 is 0 Å². The van der Waals surface area contributed by atoms with Crippen LogP contribution in [0.15, 0.2) is 28.8 Å². The topological polar surface area (TPSA) is 47.3 Å². The number of hydrogen-bond donors (Lipinski definition) is 1. The normalized spacial score (nSPS) is 17.5. The van der Waals surface area contributed by atoms with E-state index in [1.54, 1.807) is 0 Å². The average Bonchev–Trinajstić information content (AvgIpc) is 2.91. The van der Waals surface area contributed by atoms with Crippen molar-refractivity contribution in [2.24, 2.45) is 0 Å². The van der Waals surface area contributed by atoms with Crippen molar-refractivity contribution in [2.45, 2.75) is 45.8 Å². The fourth-order valence-electron chi connectivity index (χ4n) is 3.04. The standard InChI is InChI=1S/C17H22N2O2/c1-3-18-16-8-4-7-15-14(16)6-5-9-17(15)20-11-13-10-12(2)19-21-13/h5-6,9-10,16,18H,3-4,7-8,11H2,1-2H3. The lowest BCUT2D eigenvalue weighted by Crippen LogP contribution is -2.25. The summed E-state index contributed by atoms with van der Waals surface area (Å²) in [6.45, 7) is 5.50. The SMILES string of the molecule is CCNC1CCCc2c(OCc3cc(C)no3)cccc21. The molecule has 1 N–H and O–H groups in total. The fraction of sp³-hybridized carbons (Fsp3) is 0.471. The molecule has 4 nitrogen and oxygen atoms in total. The monoisotopic (exact) mass is 286 g/mol. The molecule has 112 valence electrons. The van der Waals surface area contributed by atoms with Crippen molar-refractivity contribution >= 4 is 0 Å². The Morgan fingerprint density at radius 1 is 1.43 bits per heavy atom. The highest BCUT2D eigenvalue weighted by Crippen LogP contribution is 2.35. The van der Waals surface area contributed by atoms with Gasteiger partial charge in [-0.25, -0.2) is 0 Å². The number of aromatic nitrogens is 1. The Hall–Kier alpha value is -1.81. The van der Waals surface area contributed by atoms with Gasteiger partial charge in [0.1, 0.15) is 12.4 Å². The van der Waals surface area contributed by atoms with Gasteiger partial charge in [0, 0.05) is 12.1 Å². The molecule has 0 saturated heterocycles. The lowest BCUT2D eigenvalue weighted by Gasteiger charge is -2.27. The molecule has 0 saturated carbocycles. The largest absolute Gasteiger partial charge is 0.485 e. The van der Waals surface area contributed by atoms with Gasteiger partial charge < -0.3 is 14.6 Å². The molecule has 4 heteroatoms. The first-order valence-corrected chi connectivity index (χ1v) is 7.68. The Bertz CT molecular complexity index is 607. The van der Waals surface area contributed by atoms with Crippen LogP contribution in [0.4, 0.5) is 0 Å². The molecule has 0 aliphatic heterocycles. The van der Waals surface area contributed by atoms with Gasteiger partial charge in [-0.1, -0.05) is 24.2 Å². The second-order valence-corrected chi connectivity index (χ2v) is 5.55. The van der Waals surface area contributed by atoms with Gasteiger partial charge in [-0.2, -0.15) is 0 Å². The van der Waals surface area contributed by atoms with E-state index >= 15 is 0 Å². The molecule has 1 atom stereocenters. The predicted octanol–water partition coefficient (Wildman–Crippen LogP) is 3.55. The number of rotatable bonds is 5. The summed E-state index contributed by atoms with van der Waals surface area (Å²) in [5.41, 5.74) is 3.61. The zero-order valence-corrected chi connectivity index (χ0v) is 12.7. The van der Waals surface area contributed by atoms with Gasteiger partial charge in [-0.3, -0.25) is 0 Å². The van der Waals surface area contributed by atoms with E-state index in [2.05, 4.69) is 35.6 Å². The number of nitrogens with one attached hydrogen (secondary N) is 1. The number of nitrogens with zero attached hydrogens (tertiary/aromatic N) is 1. The van der Waals surface area contributed by atoms with Gasteiger partial charge in [-0.15, -0.1) is 0 Å². The lowest BCUT2D eigenvalue weighted by molar-refractivity contribution is 0.245. The van der Waals surface area contributed by atoms with Gasteiger partial charge in [0.25, 0.3) is 0 Å². The van der Waals surface area contributed by atoms with E-state index in [9.17, 15) is 0 Å². The second kappa shape index (κ2) is 6.31. The smallest absolute Gasteiger partial charge is 0.174 e. The molecule has 0 spiro atoms. The highest BCUT2D eigenvalue weighted by Gasteiger charge is 2.22. The van der Waals surface area contributed by atoms with E-state index in [0.29, 0.717) is 12.6 Å². The minimum atomic E-state index is 0.434. The molecular formula is C17H22N2O2. The van der Waals surface area contributed by atoms with Crippen LogP contribution in [0.2, 0.25) is 0 Å². The summed E-state index contributed by atoms with van der Waals surface area (Å²) in [6, 6.07) is 8.71. The molecule has 1 aromatic carbocycles. The maximum Gasteiger partial charge on any atom is 0.174 e. The van der Waals surface area contributed by atoms with Crippen LogP contribution in [0.5, 0.6) is 5.75 Å². The van der Waals surface area contributed by atoms with Crippen molar-refractivity contribution < 1.29 is 9.26 Å². The van der Waals surface area contributed by atoms with Gasteiger partial charge in [0.2, 0.25) is 0 Å². The van der Waals surface area contributed by atoms with Crippen molar-refractivity contribution in [2.75, 3.05) is 6.54 Å². The Morgan fingerprint density at radius 3 is 3.10 bits per heavy atom. The van der Waals surface area contributed by atoms with Gasteiger partial charge in [0.15, 0.2) is 5.76 Å². The molecule has 0 radical (unpaired) electrons. The Morgan fingerprint density at radius 2 is 2.33 bits per heavy atom. The summed E-state index contributed by atoms with van der Waals surface area (Å²) in [4.78, 5) is 0. The van der Waals surface area contributed by atoms with Gasteiger partial charge in [0.05, 0.1) is 5.69 Å². The first-order valence-electron chi connectivity index (χ1n) is 7.68. The van der Waals surface area contributed by atoms with Crippen molar-refractivity contribution in [3.63, 3.8) is 0 Å². The highest BCUT2D eigenvalue weighted by atomic mass is 16.5. The predicted molar refractivity (Wildman–Crippen MR) is 81.4 cm³/mol. The minimum absolute atomic E-state index is 0.434. The first kappa shape index (κ1) is 14.1. The van der Waals surface area contributed by atoms with Crippen LogP contribution in [-0.2, 0) is 13.0 Å². The van der Waals surface area contributed by atoms with Crippen LogP contribution in [0.3, 0.4) is 0 Å². The second-order valence-electron chi connectivity index (χ2n) is 5.55. The maximum absolute atomic E-state index is 5.97. The van der Waals surface area contributed by atoms with Crippen molar-refractivity contribution in [3.05, 3.63) is 46.8 Å². The van der Waals surface area contributed by atoms with Crippen LogP contribution in [0, 0.1) is 6.92 Å². The third kappa shape index (κ3) is 3.10. The summed E-state index contributed by atoms with van der Waals surface area (Å²) >= 11 is 0. The van der Waals surface area contributed by atoms with Crippen LogP contribution in [-0.4, -0.2) is 11.7 Å². The lowest BCUT2D eigenvalue weighted by atomic mass is 9.87. The summed E-state index contributed by atoms with van der Waals surface area (Å²) < 4.78 is 11.2. The van der Waals surface area contributed by atoms with E-state index in [1.807, 2.05) is 13.0 Å².